The highest BCUT2D eigenvalue weighted by Crippen LogP contribution is 2.11. The van der Waals surface area contributed by atoms with Crippen molar-refractivity contribution in [2.24, 2.45) is 4.99 Å². The number of hydrogen-bond acceptors (Lipinski definition) is 3. The number of anilines is 1. The van der Waals surface area contributed by atoms with Crippen LogP contribution in [0.15, 0.2) is 72.0 Å². The average Bonchev–Trinajstić information content (AvgIpc) is 2.70. The topological polar surface area (TPSA) is 66.4 Å². The molecule has 0 saturated carbocycles. The summed E-state index contributed by atoms with van der Waals surface area (Å²) in [5.74, 6) is 0.198. The van der Waals surface area contributed by atoms with Crippen LogP contribution in [-0.2, 0) is 6.54 Å². The van der Waals surface area contributed by atoms with E-state index < -0.39 is 0 Å². The highest BCUT2D eigenvalue weighted by molar-refractivity contribution is 6.10. The van der Waals surface area contributed by atoms with Crippen LogP contribution in [0.5, 0.6) is 0 Å². The second-order valence-electron chi connectivity index (χ2n) is 6.77. The molecule has 0 saturated heterocycles. The summed E-state index contributed by atoms with van der Waals surface area (Å²) in [6.45, 7) is 6.46. The minimum absolute atomic E-state index is 0.201. The van der Waals surface area contributed by atoms with E-state index in [2.05, 4.69) is 20.6 Å². The SMILES string of the molecule is Cc1ccc(NC(=NCc2cccnc2)NC(=O)c2ccc(C)c(C)c2)cc1. The van der Waals surface area contributed by atoms with Crippen LogP contribution in [0, 0.1) is 20.8 Å². The van der Waals surface area contributed by atoms with E-state index in [9.17, 15) is 4.79 Å². The Morgan fingerprint density at radius 1 is 1.00 bits per heavy atom. The van der Waals surface area contributed by atoms with E-state index in [0.29, 0.717) is 18.1 Å². The predicted octanol–water partition coefficient (Wildman–Crippen LogP) is 4.40. The summed E-state index contributed by atoms with van der Waals surface area (Å²) in [5.41, 5.74) is 5.82. The average molecular weight is 372 g/mol. The number of carbonyl (C=O) groups is 1. The molecule has 0 atom stereocenters. The molecule has 0 fully saturated rings. The number of nitrogens with one attached hydrogen (secondary N) is 2. The van der Waals surface area contributed by atoms with Crippen molar-refractivity contribution in [2.45, 2.75) is 27.3 Å². The first-order valence-electron chi connectivity index (χ1n) is 9.17. The van der Waals surface area contributed by atoms with Crippen LogP contribution in [0.4, 0.5) is 5.69 Å². The summed E-state index contributed by atoms with van der Waals surface area (Å²) >= 11 is 0. The Bertz CT molecular complexity index is 979. The Balaban J connectivity index is 1.80. The van der Waals surface area contributed by atoms with E-state index in [-0.39, 0.29) is 5.91 Å². The molecule has 28 heavy (non-hydrogen) atoms. The first-order valence-corrected chi connectivity index (χ1v) is 9.17. The van der Waals surface area contributed by atoms with Gasteiger partial charge in [-0.15, -0.1) is 0 Å². The van der Waals surface area contributed by atoms with Gasteiger partial charge >= 0.3 is 0 Å². The Morgan fingerprint density at radius 2 is 1.79 bits per heavy atom. The number of carbonyl (C=O) groups excluding carboxylic acids is 1. The number of aryl methyl sites for hydroxylation is 3. The van der Waals surface area contributed by atoms with E-state index >= 15 is 0 Å². The van der Waals surface area contributed by atoms with Crippen LogP contribution in [0.25, 0.3) is 0 Å². The van der Waals surface area contributed by atoms with E-state index in [4.69, 9.17) is 0 Å². The summed E-state index contributed by atoms with van der Waals surface area (Å²) in [6, 6.07) is 17.4. The number of hydrogen-bond donors (Lipinski definition) is 2. The molecular weight excluding hydrogens is 348 g/mol. The molecule has 1 aromatic heterocycles. The van der Waals surface area contributed by atoms with Crippen molar-refractivity contribution in [1.82, 2.24) is 10.3 Å². The van der Waals surface area contributed by atoms with Gasteiger partial charge in [0.2, 0.25) is 5.96 Å². The number of amides is 1. The van der Waals surface area contributed by atoms with E-state index in [0.717, 1.165) is 22.4 Å². The molecule has 5 nitrogen and oxygen atoms in total. The molecule has 2 aromatic carbocycles. The van der Waals surface area contributed by atoms with E-state index in [1.807, 2.05) is 75.4 Å². The predicted molar refractivity (Wildman–Crippen MR) is 114 cm³/mol. The van der Waals surface area contributed by atoms with Crippen LogP contribution in [0.1, 0.15) is 32.6 Å². The second kappa shape index (κ2) is 8.95. The van der Waals surface area contributed by atoms with Gasteiger partial charge in [0.1, 0.15) is 0 Å². The number of aromatic nitrogens is 1. The Hall–Kier alpha value is -3.47. The third kappa shape index (κ3) is 5.27. The van der Waals surface area contributed by atoms with Crippen LogP contribution in [0.2, 0.25) is 0 Å². The van der Waals surface area contributed by atoms with Crippen LogP contribution < -0.4 is 10.6 Å². The number of benzene rings is 2. The summed E-state index contributed by atoms with van der Waals surface area (Å²) in [7, 11) is 0. The number of rotatable bonds is 4. The highest BCUT2D eigenvalue weighted by atomic mass is 16.1. The standard InChI is InChI=1S/C23H24N4O/c1-16-6-10-21(11-7-16)26-23(25-15-19-5-4-12-24-14-19)27-22(28)20-9-8-17(2)18(3)13-20/h4-14H,15H2,1-3H3,(H2,25,26,27,28). The molecule has 1 amide bonds. The second-order valence-corrected chi connectivity index (χ2v) is 6.77. The molecule has 0 radical (unpaired) electrons. The Morgan fingerprint density at radius 3 is 2.46 bits per heavy atom. The van der Waals surface area contributed by atoms with Crippen molar-refractivity contribution < 1.29 is 4.79 Å². The van der Waals surface area contributed by atoms with Crippen molar-refractivity contribution in [3.63, 3.8) is 0 Å². The Labute approximate surface area is 165 Å². The molecule has 142 valence electrons. The van der Waals surface area contributed by atoms with Gasteiger partial charge in [0.25, 0.3) is 5.91 Å². The fourth-order valence-corrected chi connectivity index (χ4v) is 2.61. The maximum Gasteiger partial charge on any atom is 0.257 e. The maximum atomic E-state index is 12.7. The van der Waals surface area contributed by atoms with E-state index in [1.165, 1.54) is 5.56 Å². The van der Waals surface area contributed by atoms with E-state index in [1.54, 1.807) is 12.4 Å². The number of nitrogens with zero attached hydrogens (tertiary/aromatic N) is 2. The molecule has 0 aliphatic carbocycles. The minimum Gasteiger partial charge on any atom is -0.326 e. The minimum atomic E-state index is -0.201. The van der Waals surface area contributed by atoms with Crippen molar-refractivity contribution >= 4 is 17.6 Å². The van der Waals surface area contributed by atoms with Crippen LogP contribution in [-0.4, -0.2) is 16.9 Å². The summed E-state index contributed by atoms with van der Waals surface area (Å²) in [5, 5.41) is 6.09. The van der Waals surface area contributed by atoms with Gasteiger partial charge in [-0.1, -0.05) is 29.8 Å². The van der Waals surface area contributed by atoms with Gasteiger partial charge in [-0.3, -0.25) is 15.1 Å². The largest absolute Gasteiger partial charge is 0.326 e. The zero-order valence-corrected chi connectivity index (χ0v) is 16.4. The summed E-state index contributed by atoms with van der Waals surface area (Å²) in [6.07, 6.45) is 3.48. The van der Waals surface area contributed by atoms with Gasteiger partial charge in [-0.25, -0.2) is 4.99 Å². The summed E-state index contributed by atoms with van der Waals surface area (Å²) < 4.78 is 0. The third-order valence-corrected chi connectivity index (χ3v) is 4.46. The highest BCUT2D eigenvalue weighted by Gasteiger charge is 2.10. The molecule has 3 rings (SSSR count). The van der Waals surface area contributed by atoms with Gasteiger partial charge < -0.3 is 5.32 Å². The van der Waals surface area contributed by atoms with Crippen molar-refractivity contribution in [3.8, 4) is 0 Å². The van der Waals surface area contributed by atoms with Gasteiger partial charge in [-0.2, -0.15) is 0 Å². The quantitative estimate of drug-likeness (QED) is 0.527. The lowest BCUT2D eigenvalue weighted by Crippen LogP contribution is -2.36. The Kier molecular flexibility index (Phi) is 6.17. The zero-order chi connectivity index (χ0) is 19.9. The van der Waals surface area contributed by atoms with Gasteiger partial charge in [0, 0.05) is 23.6 Å². The maximum absolute atomic E-state index is 12.7. The molecule has 3 aromatic rings. The molecule has 0 aliphatic rings. The monoisotopic (exact) mass is 372 g/mol. The van der Waals surface area contributed by atoms with Crippen LogP contribution >= 0.6 is 0 Å². The van der Waals surface area contributed by atoms with Crippen molar-refractivity contribution in [2.75, 3.05) is 5.32 Å². The normalized spacial score (nSPS) is 11.2. The smallest absolute Gasteiger partial charge is 0.257 e. The fraction of sp³-hybridized carbons (Fsp3) is 0.174. The zero-order valence-electron chi connectivity index (χ0n) is 16.4. The lowest BCUT2D eigenvalue weighted by molar-refractivity contribution is 0.0977. The molecule has 2 N–H and O–H groups in total. The first kappa shape index (κ1) is 19.3. The number of guanidine groups is 1. The first-order chi connectivity index (χ1) is 13.5. The van der Waals surface area contributed by atoms with Gasteiger partial charge in [0.05, 0.1) is 6.54 Å². The fourth-order valence-electron chi connectivity index (χ4n) is 2.61. The van der Waals surface area contributed by atoms with Gasteiger partial charge in [-0.05, 0) is 67.8 Å². The molecule has 0 bridgehead atoms. The third-order valence-electron chi connectivity index (χ3n) is 4.46. The van der Waals surface area contributed by atoms with Crippen molar-refractivity contribution in [3.05, 3.63) is 94.8 Å². The molecular formula is C23H24N4O. The molecule has 5 heteroatoms. The molecule has 1 heterocycles. The van der Waals surface area contributed by atoms with Gasteiger partial charge in [0.15, 0.2) is 0 Å². The lowest BCUT2D eigenvalue weighted by atomic mass is 10.1. The molecule has 0 aliphatic heterocycles. The number of aliphatic imine (C=N–C) groups is 1. The molecule has 0 spiro atoms. The molecule has 0 unspecified atom stereocenters. The number of pyridine rings is 1. The van der Waals surface area contributed by atoms with Crippen molar-refractivity contribution in [1.29, 1.82) is 0 Å². The summed E-state index contributed by atoms with van der Waals surface area (Å²) in [4.78, 5) is 21.4. The van der Waals surface area contributed by atoms with Crippen LogP contribution in [0.3, 0.4) is 0 Å². The lowest BCUT2D eigenvalue weighted by Gasteiger charge is -2.13.